The zero-order chi connectivity index (χ0) is 15.1. The van der Waals surface area contributed by atoms with Gasteiger partial charge in [0.05, 0.1) is 6.54 Å². The molecule has 0 radical (unpaired) electrons. The van der Waals surface area contributed by atoms with Crippen molar-refractivity contribution >= 4 is 11.6 Å². The van der Waals surface area contributed by atoms with Crippen LogP contribution < -0.4 is 5.32 Å². The Bertz CT molecular complexity index is 441. The molecule has 1 N–H and O–H groups in total. The Balaban J connectivity index is 2.71. The van der Waals surface area contributed by atoms with E-state index in [1.54, 1.807) is 0 Å². The van der Waals surface area contributed by atoms with Crippen molar-refractivity contribution in [2.24, 2.45) is 0 Å². The maximum Gasteiger partial charge on any atom is 0.238 e. The van der Waals surface area contributed by atoms with E-state index in [1.165, 1.54) is 5.56 Å². The first-order chi connectivity index (χ1) is 9.45. The van der Waals surface area contributed by atoms with E-state index in [-0.39, 0.29) is 5.91 Å². The molecule has 3 nitrogen and oxygen atoms in total. The van der Waals surface area contributed by atoms with Gasteiger partial charge in [-0.2, -0.15) is 0 Å². The number of aryl methyl sites for hydroxylation is 1. The molecule has 0 aliphatic carbocycles. The van der Waals surface area contributed by atoms with E-state index in [0.29, 0.717) is 12.5 Å². The van der Waals surface area contributed by atoms with Gasteiger partial charge in [-0.05, 0) is 44.0 Å². The minimum atomic E-state index is 0.0693. The first-order valence-corrected chi connectivity index (χ1v) is 7.53. The lowest BCUT2D eigenvalue weighted by atomic mass is 9.98. The second-order valence-corrected chi connectivity index (χ2v) is 5.83. The quantitative estimate of drug-likeness (QED) is 0.821. The van der Waals surface area contributed by atoms with E-state index < -0.39 is 0 Å². The average molecular weight is 276 g/mol. The SMILES string of the molecule is CCCCN(C)CC(=O)Nc1c(C)cccc1C(C)C. The minimum absolute atomic E-state index is 0.0693. The first kappa shape index (κ1) is 16.7. The van der Waals surface area contributed by atoms with Crippen molar-refractivity contribution in [3.8, 4) is 0 Å². The highest BCUT2D eigenvalue weighted by atomic mass is 16.2. The number of nitrogens with zero attached hydrogens (tertiary/aromatic N) is 1. The Morgan fingerprint density at radius 1 is 1.35 bits per heavy atom. The molecule has 0 bridgehead atoms. The third-order valence-electron chi connectivity index (χ3n) is 3.50. The van der Waals surface area contributed by atoms with E-state index in [9.17, 15) is 4.79 Å². The Morgan fingerprint density at radius 3 is 2.65 bits per heavy atom. The molecule has 0 aliphatic rings. The Kier molecular flexibility index (Phi) is 6.73. The van der Waals surface area contributed by atoms with Crippen molar-refractivity contribution < 1.29 is 4.79 Å². The van der Waals surface area contributed by atoms with Gasteiger partial charge in [0.15, 0.2) is 0 Å². The second-order valence-electron chi connectivity index (χ2n) is 5.83. The maximum atomic E-state index is 12.2. The predicted octanol–water partition coefficient (Wildman–Crippen LogP) is 3.79. The molecule has 1 aromatic rings. The van der Waals surface area contributed by atoms with Crippen molar-refractivity contribution in [1.82, 2.24) is 4.90 Å². The number of rotatable bonds is 7. The molecule has 0 spiro atoms. The molecule has 0 heterocycles. The summed E-state index contributed by atoms with van der Waals surface area (Å²) in [6.07, 6.45) is 2.28. The number of hydrogen-bond donors (Lipinski definition) is 1. The molecule has 0 aromatic heterocycles. The van der Waals surface area contributed by atoms with Crippen LogP contribution in [0.15, 0.2) is 18.2 Å². The van der Waals surface area contributed by atoms with Gasteiger partial charge in [0.25, 0.3) is 0 Å². The second kappa shape index (κ2) is 8.05. The number of likely N-dealkylation sites (N-methyl/N-ethyl adjacent to an activating group) is 1. The fraction of sp³-hybridized carbons (Fsp3) is 0.588. The van der Waals surface area contributed by atoms with E-state index in [1.807, 2.05) is 26.1 Å². The number of nitrogens with one attached hydrogen (secondary N) is 1. The number of unbranched alkanes of at least 4 members (excludes halogenated alkanes) is 1. The molecule has 20 heavy (non-hydrogen) atoms. The van der Waals surface area contributed by atoms with Crippen molar-refractivity contribution in [1.29, 1.82) is 0 Å². The van der Waals surface area contributed by atoms with E-state index in [2.05, 4.69) is 37.1 Å². The van der Waals surface area contributed by atoms with Crippen molar-refractivity contribution in [3.05, 3.63) is 29.3 Å². The fourth-order valence-electron chi connectivity index (χ4n) is 2.27. The molecule has 0 fully saturated rings. The van der Waals surface area contributed by atoms with Gasteiger partial charge in [-0.1, -0.05) is 45.4 Å². The highest BCUT2D eigenvalue weighted by Crippen LogP contribution is 2.27. The number of benzene rings is 1. The summed E-state index contributed by atoms with van der Waals surface area (Å²) >= 11 is 0. The largest absolute Gasteiger partial charge is 0.324 e. The summed E-state index contributed by atoms with van der Waals surface area (Å²) in [7, 11) is 2.00. The van der Waals surface area contributed by atoms with Gasteiger partial charge < -0.3 is 5.32 Å². The average Bonchev–Trinajstić information content (AvgIpc) is 2.38. The summed E-state index contributed by atoms with van der Waals surface area (Å²) in [5.74, 6) is 0.475. The lowest BCUT2D eigenvalue weighted by Gasteiger charge is -2.19. The highest BCUT2D eigenvalue weighted by molar-refractivity contribution is 5.93. The topological polar surface area (TPSA) is 32.3 Å². The van der Waals surface area contributed by atoms with E-state index in [4.69, 9.17) is 0 Å². The fourth-order valence-corrected chi connectivity index (χ4v) is 2.27. The highest BCUT2D eigenvalue weighted by Gasteiger charge is 2.13. The predicted molar refractivity (Wildman–Crippen MR) is 86.3 cm³/mol. The van der Waals surface area contributed by atoms with Gasteiger partial charge >= 0.3 is 0 Å². The number of anilines is 1. The van der Waals surface area contributed by atoms with Crippen LogP contribution in [-0.2, 0) is 4.79 Å². The molecule has 0 aliphatic heterocycles. The van der Waals surface area contributed by atoms with Crippen molar-refractivity contribution in [2.75, 3.05) is 25.5 Å². The number of carbonyl (C=O) groups excluding carboxylic acids is 1. The smallest absolute Gasteiger partial charge is 0.238 e. The number of para-hydroxylation sites is 1. The standard InChI is InChI=1S/C17H28N2O/c1-6-7-11-19(5)12-16(20)18-17-14(4)9-8-10-15(17)13(2)3/h8-10,13H,6-7,11-12H2,1-5H3,(H,18,20). The van der Waals surface area contributed by atoms with Crippen LogP contribution in [0.1, 0.15) is 50.7 Å². The van der Waals surface area contributed by atoms with Crippen LogP contribution in [0.5, 0.6) is 0 Å². The molecule has 0 unspecified atom stereocenters. The maximum absolute atomic E-state index is 12.2. The van der Waals surface area contributed by atoms with Gasteiger partial charge in [0.1, 0.15) is 0 Å². The zero-order valence-corrected chi connectivity index (χ0v) is 13.5. The van der Waals surface area contributed by atoms with Gasteiger partial charge in [-0.25, -0.2) is 0 Å². The minimum Gasteiger partial charge on any atom is -0.324 e. The zero-order valence-electron chi connectivity index (χ0n) is 13.5. The lowest BCUT2D eigenvalue weighted by Crippen LogP contribution is -2.31. The monoisotopic (exact) mass is 276 g/mol. The first-order valence-electron chi connectivity index (χ1n) is 7.53. The van der Waals surface area contributed by atoms with Gasteiger partial charge in [0, 0.05) is 5.69 Å². The molecular weight excluding hydrogens is 248 g/mol. The summed E-state index contributed by atoms with van der Waals surface area (Å²) in [6, 6.07) is 6.18. The van der Waals surface area contributed by atoms with Crippen LogP contribution in [0.2, 0.25) is 0 Å². The summed E-state index contributed by atoms with van der Waals surface area (Å²) < 4.78 is 0. The van der Waals surface area contributed by atoms with Crippen LogP contribution in [0, 0.1) is 6.92 Å². The summed E-state index contributed by atoms with van der Waals surface area (Å²) in [4.78, 5) is 14.2. The van der Waals surface area contributed by atoms with Gasteiger partial charge in [-0.15, -0.1) is 0 Å². The summed E-state index contributed by atoms with van der Waals surface area (Å²) in [5.41, 5.74) is 3.31. The molecule has 3 heteroatoms. The van der Waals surface area contributed by atoms with Crippen LogP contribution in [0.3, 0.4) is 0 Å². The Hall–Kier alpha value is -1.35. The van der Waals surface area contributed by atoms with Gasteiger partial charge in [0.2, 0.25) is 5.91 Å². The molecular formula is C17H28N2O. The molecule has 1 aromatic carbocycles. The Labute approximate surface area is 123 Å². The summed E-state index contributed by atoms with van der Waals surface area (Å²) in [5, 5.41) is 3.09. The van der Waals surface area contributed by atoms with Crippen molar-refractivity contribution in [3.63, 3.8) is 0 Å². The number of amides is 1. The molecule has 0 saturated carbocycles. The molecule has 0 saturated heterocycles. The Morgan fingerprint density at radius 2 is 2.05 bits per heavy atom. The van der Waals surface area contributed by atoms with Crippen molar-refractivity contribution in [2.45, 2.75) is 46.5 Å². The lowest BCUT2D eigenvalue weighted by molar-refractivity contribution is -0.117. The van der Waals surface area contributed by atoms with Gasteiger partial charge in [-0.3, -0.25) is 9.69 Å². The molecule has 1 rings (SSSR count). The van der Waals surface area contributed by atoms with Crippen LogP contribution in [0.25, 0.3) is 0 Å². The number of carbonyl (C=O) groups is 1. The van der Waals surface area contributed by atoms with E-state index >= 15 is 0 Å². The normalized spacial score (nSPS) is 11.2. The van der Waals surface area contributed by atoms with Crippen LogP contribution >= 0.6 is 0 Å². The summed E-state index contributed by atoms with van der Waals surface area (Å²) in [6.45, 7) is 9.93. The van der Waals surface area contributed by atoms with Crippen LogP contribution in [0.4, 0.5) is 5.69 Å². The molecule has 1 amide bonds. The van der Waals surface area contributed by atoms with Crippen LogP contribution in [-0.4, -0.2) is 30.9 Å². The molecule has 112 valence electrons. The molecule has 0 atom stereocenters. The van der Waals surface area contributed by atoms with E-state index in [0.717, 1.165) is 30.6 Å². The third-order valence-corrected chi connectivity index (χ3v) is 3.50. The third kappa shape index (κ3) is 4.97. The number of hydrogen-bond acceptors (Lipinski definition) is 2.